The molecule has 0 spiro atoms. The Kier molecular flexibility index (Phi) is 1.40. The highest BCUT2D eigenvalue weighted by Gasteiger charge is 2.37. The second-order valence-electron chi connectivity index (χ2n) is 3.84. The molecule has 0 heterocycles. The van der Waals surface area contributed by atoms with Crippen LogP contribution in [0.15, 0.2) is 0 Å². The normalized spacial score (nSPS) is 48.7. The molecule has 0 radical (unpaired) electrons. The average Bonchev–Trinajstić information content (AvgIpc) is 2.45. The standard InChI is InChI=1S/C8H16Si/c9-5-8-4-6-1-2-7(8)3-6/h6-8H,1-5H2,9H3. The van der Waals surface area contributed by atoms with Crippen molar-refractivity contribution in [1.29, 1.82) is 0 Å². The number of rotatable bonds is 1. The van der Waals surface area contributed by atoms with E-state index >= 15 is 0 Å². The smallest absolute Gasteiger partial charge is 0.00316 e. The van der Waals surface area contributed by atoms with Gasteiger partial charge >= 0.3 is 0 Å². The van der Waals surface area contributed by atoms with Crippen LogP contribution >= 0.6 is 0 Å². The molecule has 3 unspecified atom stereocenters. The van der Waals surface area contributed by atoms with Gasteiger partial charge in [0.1, 0.15) is 0 Å². The third kappa shape index (κ3) is 0.860. The van der Waals surface area contributed by atoms with Crippen molar-refractivity contribution in [1.82, 2.24) is 0 Å². The molecular weight excluding hydrogens is 124 g/mol. The topological polar surface area (TPSA) is 0 Å². The molecule has 0 aromatic heterocycles. The van der Waals surface area contributed by atoms with Crippen LogP contribution < -0.4 is 0 Å². The van der Waals surface area contributed by atoms with Crippen molar-refractivity contribution in [3.63, 3.8) is 0 Å². The molecule has 2 aliphatic rings. The van der Waals surface area contributed by atoms with Crippen molar-refractivity contribution in [3.8, 4) is 0 Å². The highest BCUT2D eigenvalue weighted by atomic mass is 28.1. The van der Waals surface area contributed by atoms with E-state index < -0.39 is 0 Å². The lowest BCUT2D eigenvalue weighted by Crippen LogP contribution is -2.08. The first-order valence-electron chi connectivity index (χ1n) is 4.40. The van der Waals surface area contributed by atoms with Gasteiger partial charge in [0.15, 0.2) is 0 Å². The van der Waals surface area contributed by atoms with Gasteiger partial charge in [-0.1, -0.05) is 12.5 Å². The van der Waals surface area contributed by atoms with Crippen molar-refractivity contribution in [2.75, 3.05) is 0 Å². The minimum absolute atomic E-state index is 1.17. The molecule has 0 nitrogen and oxygen atoms in total. The van der Waals surface area contributed by atoms with Crippen LogP contribution in [-0.2, 0) is 0 Å². The summed E-state index contributed by atoms with van der Waals surface area (Å²) < 4.78 is 0. The third-order valence-corrected chi connectivity index (χ3v) is 4.46. The maximum Gasteiger partial charge on any atom is 0.00316 e. The van der Waals surface area contributed by atoms with E-state index in [9.17, 15) is 0 Å². The highest BCUT2D eigenvalue weighted by molar-refractivity contribution is 6.08. The molecule has 2 saturated carbocycles. The Morgan fingerprint density at radius 1 is 1.22 bits per heavy atom. The summed E-state index contributed by atoms with van der Waals surface area (Å²) in [7, 11) is 1.44. The van der Waals surface area contributed by atoms with Gasteiger partial charge in [0, 0.05) is 10.2 Å². The molecule has 2 aliphatic carbocycles. The third-order valence-electron chi connectivity index (χ3n) is 3.41. The molecule has 1 heteroatoms. The van der Waals surface area contributed by atoms with E-state index in [4.69, 9.17) is 0 Å². The summed E-state index contributed by atoms with van der Waals surface area (Å²) in [6.45, 7) is 0. The van der Waals surface area contributed by atoms with Crippen molar-refractivity contribution in [2.24, 2.45) is 17.8 Å². The lowest BCUT2D eigenvalue weighted by atomic mass is 9.90. The van der Waals surface area contributed by atoms with Crippen molar-refractivity contribution in [2.45, 2.75) is 31.7 Å². The van der Waals surface area contributed by atoms with Crippen LogP contribution in [-0.4, -0.2) is 10.2 Å². The second kappa shape index (κ2) is 2.12. The number of hydrogen-bond donors (Lipinski definition) is 0. The molecule has 0 N–H and O–H groups in total. The summed E-state index contributed by atoms with van der Waals surface area (Å²) in [5, 5.41) is 0. The first-order valence-corrected chi connectivity index (χ1v) is 5.81. The van der Waals surface area contributed by atoms with E-state index in [1.165, 1.54) is 28.0 Å². The van der Waals surface area contributed by atoms with E-state index in [-0.39, 0.29) is 0 Å². The number of hydrogen-bond acceptors (Lipinski definition) is 0. The molecule has 0 saturated heterocycles. The highest BCUT2D eigenvalue weighted by Crippen LogP contribution is 2.49. The molecule has 52 valence electrons. The zero-order chi connectivity index (χ0) is 6.27. The average molecular weight is 140 g/mol. The van der Waals surface area contributed by atoms with Crippen molar-refractivity contribution >= 4 is 10.2 Å². The van der Waals surface area contributed by atoms with Gasteiger partial charge in [-0.05, 0) is 37.0 Å². The van der Waals surface area contributed by atoms with E-state index in [1.807, 2.05) is 0 Å². The van der Waals surface area contributed by atoms with Crippen LogP contribution in [0.1, 0.15) is 25.7 Å². The fourth-order valence-corrected chi connectivity index (χ4v) is 3.88. The summed E-state index contributed by atoms with van der Waals surface area (Å²) in [6, 6.07) is 1.58. The van der Waals surface area contributed by atoms with Crippen molar-refractivity contribution < 1.29 is 0 Å². The van der Waals surface area contributed by atoms with Gasteiger partial charge < -0.3 is 0 Å². The lowest BCUT2D eigenvalue weighted by molar-refractivity contribution is 0.360. The van der Waals surface area contributed by atoms with E-state index in [0.29, 0.717) is 0 Å². The molecule has 2 fully saturated rings. The molecule has 0 amide bonds. The zero-order valence-corrected chi connectivity index (χ0v) is 8.27. The fourth-order valence-electron chi connectivity index (χ4n) is 2.88. The van der Waals surface area contributed by atoms with E-state index in [2.05, 4.69) is 0 Å². The fraction of sp³-hybridized carbons (Fsp3) is 1.00. The van der Waals surface area contributed by atoms with Gasteiger partial charge in [-0.25, -0.2) is 0 Å². The molecule has 0 aromatic rings. The van der Waals surface area contributed by atoms with Gasteiger partial charge in [0.25, 0.3) is 0 Å². The van der Waals surface area contributed by atoms with Crippen LogP contribution in [0.25, 0.3) is 0 Å². The lowest BCUT2D eigenvalue weighted by Gasteiger charge is -2.18. The second-order valence-corrected chi connectivity index (χ2v) is 4.66. The molecule has 0 aromatic carbocycles. The van der Waals surface area contributed by atoms with E-state index in [1.54, 1.807) is 31.7 Å². The predicted octanol–water partition coefficient (Wildman–Crippen LogP) is 1.21. The monoisotopic (exact) mass is 140 g/mol. The minimum atomic E-state index is 1.17. The van der Waals surface area contributed by atoms with Gasteiger partial charge in [0.05, 0.1) is 0 Å². The first kappa shape index (κ1) is 5.96. The molecule has 3 atom stereocenters. The van der Waals surface area contributed by atoms with Gasteiger partial charge in [-0.2, -0.15) is 0 Å². The van der Waals surface area contributed by atoms with Crippen LogP contribution in [0.4, 0.5) is 0 Å². The number of fused-ring (bicyclic) bond motifs is 2. The van der Waals surface area contributed by atoms with Crippen molar-refractivity contribution in [3.05, 3.63) is 0 Å². The largest absolute Gasteiger partial charge is 0.0628 e. The Bertz CT molecular complexity index is 111. The summed E-state index contributed by atoms with van der Waals surface area (Å²) in [6.07, 6.45) is 6.36. The Hall–Kier alpha value is 0.217. The Morgan fingerprint density at radius 3 is 2.44 bits per heavy atom. The predicted molar refractivity (Wildman–Crippen MR) is 43.7 cm³/mol. The van der Waals surface area contributed by atoms with Gasteiger partial charge in [-0.3, -0.25) is 0 Å². The zero-order valence-electron chi connectivity index (χ0n) is 6.27. The summed E-state index contributed by atoms with van der Waals surface area (Å²) in [5.74, 6) is 3.55. The molecule has 9 heavy (non-hydrogen) atoms. The maximum absolute atomic E-state index is 1.61. The molecule has 0 aliphatic heterocycles. The van der Waals surface area contributed by atoms with Gasteiger partial charge in [-0.15, -0.1) is 0 Å². The van der Waals surface area contributed by atoms with E-state index in [0.717, 1.165) is 0 Å². The van der Waals surface area contributed by atoms with Crippen LogP contribution in [0.2, 0.25) is 6.04 Å². The summed E-state index contributed by atoms with van der Waals surface area (Å²) in [5.41, 5.74) is 0. The van der Waals surface area contributed by atoms with Crippen LogP contribution in [0, 0.1) is 17.8 Å². The van der Waals surface area contributed by atoms with Crippen LogP contribution in [0.3, 0.4) is 0 Å². The molecule has 2 rings (SSSR count). The quantitative estimate of drug-likeness (QED) is 0.480. The first-order chi connectivity index (χ1) is 4.40. The Balaban J connectivity index is 2.01. The summed E-state index contributed by atoms with van der Waals surface area (Å²) >= 11 is 0. The molecule has 2 bridgehead atoms. The van der Waals surface area contributed by atoms with Crippen LogP contribution in [0.5, 0.6) is 0 Å². The summed E-state index contributed by atoms with van der Waals surface area (Å²) in [4.78, 5) is 0. The SMILES string of the molecule is [SiH3]CC1CC2CCC1C2. The maximum atomic E-state index is 1.61. The minimum Gasteiger partial charge on any atom is -0.0628 e. The Labute approximate surface area is 60.5 Å². The Morgan fingerprint density at radius 2 is 2.11 bits per heavy atom. The molecular formula is C8H16Si. The van der Waals surface area contributed by atoms with Gasteiger partial charge in [0.2, 0.25) is 0 Å².